The minimum Gasteiger partial charge on any atom is -0.476 e. The van der Waals surface area contributed by atoms with Crippen molar-refractivity contribution in [2.75, 3.05) is 23.7 Å². The zero-order valence-corrected chi connectivity index (χ0v) is 16.6. The number of aryl methyl sites for hydroxylation is 2. The zero-order chi connectivity index (χ0) is 20.3. The first-order valence-corrected chi connectivity index (χ1v) is 10.9. The van der Waals surface area contributed by atoms with Crippen LogP contribution >= 0.6 is 0 Å². The Balaban J connectivity index is 1.61. The predicted molar refractivity (Wildman–Crippen MR) is 106 cm³/mol. The van der Waals surface area contributed by atoms with Gasteiger partial charge in [-0.3, -0.25) is 9.10 Å². The van der Waals surface area contributed by atoms with E-state index in [0.717, 1.165) is 17.4 Å². The number of nitrogens with zero attached hydrogens (tertiary/aromatic N) is 1. The standard InChI is InChI=1S/C20H23FN2O4S/c1-14-5-10-18-17(12-14)23(28(2,25)26)13-19(27-18)20(24)22-11-3-4-15-6-8-16(21)9-7-15/h5-10,12,19H,3-4,11,13H2,1-2H3,(H,22,24). The van der Waals surface area contributed by atoms with Crippen molar-refractivity contribution in [1.82, 2.24) is 5.32 Å². The molecular weight excluding hydrogens is 383 g/mol. The van der Waals surface area contributed by atoms with Crippen LogP contribution in [0.2, 0.25) is 0 Å². The number of amides is 1. The molecule has 2 aromatic carbocycles. The van der Waals surface area contributed by atoms with E-state index < -0.39 is 16.1 Å². The molecule has 0 aliphatic carbocycles. The van der Waals surface area contributed by atoms with E-state index in [2.05, 4.69) is 5.32 Å². The molecule has 0 radical (unpaired) electrons. The molecule has 1 N–H and O–H groups in total. The van der Waals surface area contributed by atoms with Crippen molar-refractivity contribution in [1.29, 1.82) is 0 Å². The molecular formula is C20H23FN2O4S. The highest BCUT2D eigenvalue weighted by Crippen LogP contribution is 2.35. The van der Waals surface area contributed by atoms with Crippen LogP contribution in [0.25, 0.3) is 0 Å². The monoisotopic (exact) mass is 406 g/mol. The minimum atomic E-state index is -3.54. The number of hydrogen-bond acceptors (Lipinski definition) is 4. The van der Waals surface area contributed by atoms with Crippen molar-refractivity contribution < 1.29 is 22.3 Å². The van der Waals surface area contributed by atoms with Crippen molar-refractivity contribution >= 4 is 21.6 Å². The average Bonchev–Trinajstić information content (AvgIpc) is 2.64. The largest absolute Gasteiger partial charge is 0.476 e. The van der Waals surface area contributed by atoms with Gasteiger partial charge in [0.15, 0.2) is 6.10 Å². The van der Waals surface area contributed by atoms with Crippen LogP contribution < -0.4 is 14.4 Å². The fourth-order valence-corrected chi connectivity index (χ4v) is 3.99. The van der Waals surface area contributed by atoms with Gasteiger partial charge in [0.2, 0.25) is 10.0 Å². The van der Waals surface area contributed by atoms with E-state index >= 15 is 0 Å². The Kier molecular flexibility index (Phi) is 5.88. The lowest BCUT2D eigenvalue weighted by Gasteiger charge is -2.34. The average molecular weight is 406 g/mol. The molecule has 0 saturated carbocycles. The number of sulfonamides is 1. The predicted octanol–water partition coefficient (Wildman–Crippen LogP) is 2.41. The molecule has 1 aliphatic heterocycles. The third kappa shape index (κ3) is 4.81. The number of benzene rings is 2. The number of anilines is 1. The lowest BCUT2D eigenvalue weighted by molar-refractivity contribution is -0.127. The molecule has 1 unspecified atom stereocenters. The molecule has 0 spiro atoms. The number of carbonyl (C=O) groups is 1. The Bertz CT molecular complexity index is 961. The second-order valence-corrected chi connectivity index (χ2v) is 8.80. The normalized spacial score (nSPS) is 16.2. The molecule has 8 heteroatoms. The smallest absolute Gasteiger partial charge is 0.263 e. The molecule has 1 heterocycles. The summed E-state index contributed by atoms with van der Waals surface area (Å²) in [5.74, 6) is -0.273. The number of halogens is 1. The third-order valence-electron chi connectivity index (χ3n) is 4.53. The van der Waals surface area contributed by atoms with Crippen molar-refractivity contribution in [2.45, 2.75) is 25.9 Å². The number of carbonyl (C=O) groups excluding carboxylic acids is 1. The number of nitrogens with one attached hydrogen (secondary N) is 1. The summed E-state index contributed by atoms with van der Waals surface area (Å²) in [5.41, 5.74) is 2.33. The van der Waals surface area contributed by atoms with Crippen LogP contribution in [0.15, 0.2) is 42.5 Å². The highest BCUT2D eigenvalue weighted by atomic mass is 32.2. The fraction of sp³-hybridized carbons (Fsp3) is 0.350. The van der Waals surface area contributed by atoms with Crippen LogP contribution in [0.4, 0.5) is 10.1 Å². The fourth-order valence-electron chi connectivity index (χ4n) is 3.08. The van der Waals surface area contributed by atoms with Gasteiger partial charge in [0.05, 0.1) is 18.5 Å². The number of ether oxygens (including phenoxy) is 1. The molecule has 28 heavy (non-hydrogen) atoms. The second-order valence-electron chi connectivity index (χ2n) is 6.89. The van der Waals surface area contributed by atoms with Gasteiger partial charge in [-0.15, -0.1) is 0 Å². The van der Waals surface area contributed by atoms with E-state index in [1.54, 1.807) is 24.3 Å². The Hall–Kier alpha value is -2.61. The van der Waals surface area contributed by atoms with Crippen LogP contribution in [0.1, 0.15) is 17.5 Å². The Morgan fingerprint density at radius 1 is 1.25 bits per heavy atom. The second kappa shape index (κ2) is 8.18. The molecule has 1 aliphatic rings. The highest BCUT2D eigenvalue weighted by molar-refractivity contribution is 7.92. The van der Waals surface area contributed by atoms with Crippen molar-refractivity contribution in [2.24, 2.45) is 0 Å². The van der Waals surface area contributed by atoms with E-state index in [9.17, 15) is 17.6 Å². The van der Waals surface area contributed by atoms with Crippen LogP contribution in [-0.4, -0.2) is 39.8 Å². The van der Waals surface area contributed by atoms with Gasteiger partial charge in [-0.05, 0) is 55.2 Å². The SMILES string of the molecule is Cc1ccc2c(c1)N(S(C)(=O)=O)CC(C(=O)NCCCc1ccc(F)cc1)O2. The minimum absolute atomic E-state index is 0.0704. The first kappa shape index (κ1) is 20.1. The van der Waals surface area contributed by atoms with E-state index in [1.807, 2.05) is 13.0 Å². The van der Waals surface area contributed by atoms with Gasteiger partial charge in [-0.1, -0.05) is 18.2 Å². The zero-order valence-electron chi connectivity index (χ0n) is 15.8. The summed E-state index contributed by atoms with van der Waals surface area (Å²) in [6.07, 6.45) is 1.57. The summed E-state index contributed by atoms with van der Waals surface area (Å²) in [4.78, 5) is 12.5. The van der Waals surface area contributed by atoms with E-state index in [4.69, 9.17) is 4.74 Å². The Labute approximate surface area is 164 Å². The number of fused-ring (bicyclic) bond motifs is 1. The highest BCUT2D eigenvalue weighted by Gasteiger charge is 2.34. The van der Waals surface area contributed by atoms with Crippen LogP contribution in [0.3, 0.4) is 0 Å². The molecule has 2 aromatic rings. The van der Waals surface area contributed by atoms with E-state index in [1.165, 1.54) is 16.4 Å². The van der Waals surface area contributed by atoms with Crippen LogP contribution in [-0.2, 0) is 21.2 Å². The maximum Gasteiger partial charge on any atom is 0.263 e. The maximum absolute atomic E-state index is 12.9. The van der Waals surface area contributed by atoms with E-state index in [-0.39, 0.29) is 18.3 Å². The summed E-state index contributed by atoms with van der Waals surface area (Å²) in [5, 5.41) is 2.79. The van der Waals surface area contributed by atoms with Crippen LogP contribution in [0.5, 0.6) is 5.75 Å². The summed E-state index contributed by atoms with van der Waals surface area (Å²) in [6.45, 7) is 2.20. The topological polar surface area (TPSA) is 75.7 Å². The Morgan fingerprint density at radius 3 is 2.64 bits per heavy atom. The lowest BCUT2D eigenvalue weighted by atomic mass is 10.1. The first-order valence-electron chi connectivity index (χ1n) is 9.01. The maximum atomic E-state index is 12.9. The number of rotatable bonds is 6. The van der Waals surface area contributed by atoms with Gasteiger partial charge in [0.1, 0.15) is 11.6 Å². The molecule has 150 valence electrons. The molecule has 6 nitrogen and oxygen atoms in total. The molecule has 0 fully saturated rings. The first-order chi connectivity index (χ1) is 13.2. The number of hydrogen-bond donors (Lipinski definition) is 1. The van der Waals surface area contributed by atoms with Gasteiger partial charge in [0.25, 0.3) is 5.91 Å². The van der Waals surface area contributed by atoms with Crippen molar-refractivity contribution in [3.8, 4) is 5.75 Å². The van der Waals surface area contributed by atoms with Crippen LogP contribution in [0, 0.1) is 12.7 Å². The third-order valence-corrected chi connectivity index (χ3v) is 5.68. The van der Waals surface area contributed by atoms with Gasteiger partial charge in [-0.25, -0.2) is 12.8 Å². The molecule has 0 bridgehead atoms. The molecule has 3 rings (SSSR count). The van der Waals surface area contributed by atoms with Crippen molar-refractivity contribution in [3.63, 3.8) is 0 Å². The van der Waals surface area contributed by atoms with Gasteiger partial charge < -0.3 is 10.1 Å². The summed E-state index contributed by atoms with van der Waals surface area (Å²) >= 11 is 0. The van der Waals surface area contributed by atoms with Crippen molar-refractivity contribution in [3.05, 3.63) is 59.4 Å². The lowest BCUT2D eigenvalue weighted by Crippen LogP contribution is -2.50. The van der Waals surface area contributed by atoms with Gasteiger partial charge >= 0.3 is 0 Å². The summed E-state index contributed by atoms with van der Waals surface area (Å²) in [7, 11) is -3.54. The summed E-state index contributed by atoms with van der Waals surface area (Å²) < 4.78 is 44.2. The Morgan fingerprint density at radius 2 is 1.96 bits per heavy atom. The van der Waals surface area contributed by atoms with Gasteiger partial charge in [0, 0.05) is 6.54 Å². The molecule has 0 aromatic heterocycles. The summed E-state index contributed by atoms with van der Waals surface area (Å²) in [6, 6.07) is 11.5. The quantitative estimate of drug-likeness (QED) is 0.748. The van der Waals surface area contributed by atoms with Gasteiger partial charge in [-0.2, -0.15) is 0 Å². The van der Waals surface area contributed by atoms with E-state index in [0.29, 0.717) is 30.8 Å². The molecule has 0 saturated heterocycles. The molecule has 1 atom stereocenters. The molecule has 1 amide bonds.